The average molecular weight is 460 g/mol. The third kappa shape index (κ3) is 5.81. The predicted octanol–water partition coefficient (Wildman–Crippen LogP) is 5.94. The van der Waals surface area contributed by atoms with E-state index in [9.17, 15) is 4.79 Å². The summed E-state index contributed by atoms with van der Waals surface area (Å²) < 4.78 is 10.5. The first-order valence-corrected chi connectivity index (χ1v) is 11.5. The number of fused-ring (bicyclic) bond motifs is 1. The van der Waals surface area contributed by atoms with Gasteiger partial charge in [-0.3, -0.25) is 9.79 Å². The zero-order chi connectivity index (χ0) is 23.2. The van der Waals surface area contributed by atoms with Crippen molar-refractivity contribution in [1.29, 1.82) is 0 Å². The SMILES string of the molecule is COc1cc(NC(=O)CSC2=Nc3ccccc3N=C(c3ccc(C)cc3)C2)cc(OC)c1. The van der Waals surface area contributed by atoms with Crippen molar-refractivity contribution < 1.29 is 14.3 Å². The molecule has 168 valence electrons. The number of carbonyl (C=O) groups excluding carboxylic acids is 1. The number of ether oxygens (including phenoxy) is 2. The predicted molar refractivity (Wildman–Crippen MR) is 136 cm³/mol. The standard InChI is InChI=1S/C26H25N3O3S/c1-17-8-10-18(11-9-17)24-15-26(29-23-7-5-4-6-22(23)28-24)33-16-25(30)27-19-12-20(31-2)14-21(13-19)32-3/h4-14H,15-16H2,1-3H3,(H,27,30). The second-order valence-corrected chi connectivity index (χ2v) is 8.58. The average Bonchev–Trinajstić information content (AvgIpc) is 3.02. The number of nitrogens with one attached hydrogen (secondary N) is 1. The Morgan fingerprint density at radius 1 is 0.939 bits per heavy atom. The number of aliphatic imine (C=N–C) groups is 2. The highest BCUT2D eigenvalue weighted by Crippen LogP contribution is 2.33. The molecule has 6 nitrogen and oxygen atoms in total. The smallest absolute Gasteiger partial charge is 0.234 e. The number of amides is 1. The van der Waals surface area contributed by atoms with E-state index in [1.54, 1.807) is 32.4 Å². The van der Waals surface area contributed by atoms with Crippen LogP contribution in [0.25, 0.3) is 0 Å². The number of hydrogen-bond acceptors (Lipinski definition) is 6. The van der Waals surface area contributed by atoms with Crippen LogP contribution in [0.4, 0.5) is 17.1 Å². The first-order chi connectivity index (χ1) is 16.0. The molecule has 3 aromatic rings. The number of aryl methyl sites for hydroxylation is 1. The topological polar surface area (TPSA) is 72.3 Å². The molecule has 0 spiro atoms. The van der Waals surface area contributed by atoms with Crippen molar-refractivity contribution in [2.45, 2.75) is 13.3 Å². The quantitative estimate of drug-likeness (QED) is 0.495. The molecule has 1 heterocycles. The van der Waals surface area contributed by atoms with Crippen LogP contribution in [0.1, 0.15) is 17.5 Å². The van der Waals surface area contributed by atoms with Crippen molar-refractivity contribution in [3.05, 3.63) is 77.9 Å². The monoisotopic (exact) mass is 459 g/mol. The molecule has 0 fully saturated rings. The Balaban J connectivity index is 1.50. The first kappa shape index (κ1) is 22.6. The Kier molecular flexibility index (Phi) is 7.10. The van der Waals surface area contributed by atoms with Crippen LogP contribution in [-0.2, 0) is 4.79 Å². The van der Waals surface area contributed by atoms with Crippen LogP contribution in [0, 0.1) is 6.92 Å². The Morgan fingerprint density at radius 3 is 2.21 bits per heavy atom. The lowest BCUT2D eigenvalue weighted by molar-refractivity contribution is -0.113. The number of nitrogens with zero attached hydrogens (tertiary/aromatic N) is 2. The number of methoxy groups -OCH3 is 2. The van der Waals surface area contributed by atoms with Gasteiger partial charge in [0, 0.05) is 30.3 Å². The molecule has 1 amide bonds. The minimum absolute atomic E-state index is 0.135. The van der Waals surface area contributed by atoms with Crippen molar-refractivity contribution in [2.24, 2.45) is 9.98 Å². The minimum atomic E-state index is -0.135. The molecule has 0 atom stereocenters. The summed E-state index contributed by atoms with van der Waals surface area (Å²) in [5.74, 6) is 1.31. The van der Waals surface area contributed by atoms with Gasteiger partial charge in [-0.25, -0.2) is 4.99 Å². The van der Waals surface area contributed by atoms with E-state index in [2.05, 4.69) is 36.5 Å². The van der Waals surface area contributed by atoms with E-state index >= 15 is 0 Å². The van der Waals surface area contributed by atoms with Gasteiger partial charge in [0.2, 0.25) is 5.91 Å². The molecule has 0 radical (unpaired) electrons. The van der Waals surface area contributed by atoms with Crippen molar-refractivity contribution >= 4 is 45.5 Å². The summed E-state index contributed by atoms with van der Waals surface area (Å²) in [6.45, 7) is 2.06. The number of anilines is 1. The van der Waals surface area contributed by atoms with Crippen LogP contribution in [-0.4, -0.2) is 36.6 Å². The maximum absolute atomic E-state index is 12.7. The van der Waals surface area contributed by atoms with Crippen LogP contribution in [0.3, 0.4) is 0 Å². The highest BCUT2D eigenvalue weighted by molar-refractivity contribution is 8.14. The van der Waals surface area contributed by atoms with E-state index in [-0.39, 0.29) is 11.7 Å². The fourth-order valence-electron chi connectivity index (χ4n) is 3.38. The molecule has 0 aromatic heterocycles. The van der Waals surface area contributed by atoms with E-state index in [1.807, 2.05) is 24.3 Å². The molecule has 0 aliphatic carbocycles. The number of para-hydroxylation sites is 2. The zero-order valence-corrected chi connectivity index (χ0v) is 19.6. The van der Waals surface area contributed by atoms with E-state index in [4.69, 9.17) is 19.5 Å². The fourth-order valence-corrected chi connectivity index (χ4v) is 4.15. The van der Waals surface area contributed by atoms with Crippen LogP contribution in [0.15, 0.2) is 76.7 Å². The molecule has 0 saturated carbocycles. The van der Waals surface area contributed by atoms with E-state index in [0.29, 0.717) is 23.6 Å². The van der Waals surface area contributed by atoms with E-state index in [0.717, 1.165) is 27.7 Å². The first-order valence-electron chi connectivity index (χ1n) is 10.5. The van der Waals surface area contributed by atoms with E-state index < -0.39 is 0 Å². The number of rotatable bonds is 6. The molecule has 7 heteroatoms. The van der Waals surface area contributed by atoms with Gasteiger partial charge in [0.15, 0.2) is 0 Å². The van der Waals surface area contributed by atoms with E-state index in [1.165, 1.54) is 17.3 Å². The van der Waals surface area contributed by atoms with Gasteiger partial charge >= 0.3 is 0 Å². The second-order valence-electron chi connectivity index (χ2n) is 7.53. The van der Waals surface area contributed by atoms with Gasteiger partial charge in [-0.2, -0.15) is 0 Å². The van der Waals surface area contributed by atoms with Gasteiger partial charge in [0.05, 0.1) is 42.1 Å². The Bertz CT molecular complexity index is 1200. The minimum Gasteiger partial charge on any atom is -0.497 e. The largest absolute Gasteiger partial charge is 0.497 e. The summed E-state index contributed by atoms with van der Waals surface area (Å²) in [7, 11) is 3.15. The maximum Gasteiger partial charge on any atom is 0.234 e. The third-order valence-electron chi connectivity index (χ3n) is 5.09. The van der Waals surface area contributed by atoms with Gasteiger partial charge in [-0.1, -0.05) is 42.0 Å². The highest BCUT2D eigenvalue weighted by atomic mass is 32.2. The van der Waals surface area contributed by atoms with Crippen LogP contribution in [0.2, 0.25) is 0 Å². The summed E-state index contributed by atoms with van der Waals surface area (Å²) in [5, 5.41) is 3.75. The van der Waals surface area contributed by atoms with Crippen molar-refractivity contribution in [3.8, 4) is 11.5 Å². The van der Waals surface area contributed by atoms with Crippen LogP contribution < -0.4 is 14.8 Å². The summed E-state index contributed by atoms with van der Waals surface area (Å²) in [6, 6.07) is 21.4. The van der Waals surface area contributed by atoms with Crippen molar-refractivity contribution in [2.75, 3.05) is 25.3 Å². The summed E-state index contributed by atoms with van der Waals surface area (Å²) >= 11 is 1.42. The Hall–Kier alpha value is -3.58. The number of carbonyl (C=O) groups is 1. The highest BCUT2D eigenvalue weighted by Gasteiger charge is 2.17. The third-order valence-corrected chi connectivity index (χ3v) is 6.07. The summed E-state index contributed by atoms with van der Waals surface area (Å²) in [6.07, 6.45) is 0.558. The van der Waals surface area contributed by atoms with Gasteiger partial charge < -0.3 is 14.8 Å². The number of benzene rings is 3. The molecule has 1 aliphatic rings. The number of hydrogen-bond donors (Lipinski definition) is 1. The lowest BCUT2D eigenvalue weighted by atomic mass is 10.1. The summed E-state index contributed by atoms with van der Waals surface area (Å²) in [4.78, 5) is 22.4. The molecule has 0 bridgehead atoms. The van der Waals surface area contributed by atoms with Gasteiger partial charge in [0.1, 0.15) is 11.5 Å². The number of thioether (sulfide) groups is 1. The molecular formula is C26H25N3O3S. The molecule has 1 aliphatic heterocycles. The molecular weight excluding hydrogens is 434 g/mol. The van der Waals surface area contributed by atoms with Gasteiger partial charge in [-0.15, -0.1) is 11.8 Å². The molecule has 1 N–H and O–H groups in total. The Labute approximate surface area is 197 Å². The summed E-state index contributed by atoms with van der Waals surface area (Å²) in [5.41, 5.74) is 5.44. The molecule has 0 saturated heterocycles. The zero-order valence-electron chi connectivity index (χ0n) is 18.8. The second kappa shape index (κ2) is 10.4. The Morgan fingerprint density at radius 2 is 1.58 bits per heavy atom. The van der Waals surface area contributed by atoms with Gasteiger partial charge in [0.25, 0.3) is 0 Å². The van der Waals surface area contributed by atoms with Gasteiger partial charge in [-0.05, 0) is 24.6 Å². The fraction of sp³-hybridized carbons (Fsp3) is 0.192. The molecule has 4 rings (SSSR count). The molecule has 33 heavy (non-hydrogen) atoms. The lowest BCUT2D eigenvalue weighted by Crippen LogP contribution is -2.16. The normalized spacial score (nSPS) is 12.7. The van der Waals surface area contributed by atoms with Crippen molar-refractivity contribution in [3.63, 3.8) is 0 Å². The molecule has 3 aromatic carbocycles. The molecule has 0 unspecified atom stereocenters. The van der Waals surface area contributed by atoms with Crippen LogP contribution >= 0.6 is 11.8 Å². The lowest BCUT2D eigenvalue weighted by Gasteiger charge is -2.11. The van der Waals surface area contributed by atoms with Crippen molar-refractivity contribution in [1.82, 2.24) is 0 Å². The maximum atomic E-state index is 12.7. The van der Waals surface area contributed by atoms with Crippen LogP contribution in [0.5, 0.6) is 11.5 Å².